The molecule has 0 aromatic heterocycles. The Morgan fingerprint density at radius 3 is 1.89 bits per heavy atom. The number of hydrogen-bond acceptors (Lipinski definition) is 2. The Kier molecular flexibility index (Phi) is 6.02. The Bertz CT molecular complexity index is 365. The van der Waals surface area contributed by atoms with Gasteiger partial charge in [-0.3, -0.25) is 4.90 Å². The van der Waals surface area contributed by atoms with Crippen molar-refractivity contribution < 1.29 is 0 Å². The lowest BCUT2D eigenvalue weighted by Crippen LogP contribution is -2.44. The maximum absolute atomic E-state index is 6.28. The molecule has 1 rings (SSSR count). The van der Waals surface area contributed by atoms with E-state index in [1.165, 1.54) is 11.1 Å². The quantitative estimate of drug-likeness (QED) is 0.846. The van der Waals surface area contributed by atoms with Gasteiger partial charge in [0.05, 0.1) is 0 Å². The number of nitrogens with zero attached hydrogens (tertiary/aromatic N) is 1. The van der Waals surface area contributed by atoms with Gasteiger partial charge in [0.25, 0.3) is 0 Å². The van der Waals surface area contributed by atoms with Crippen molar-refractivity contribution in [3.05, 3.63) is 35.4 Å². The Hall–Kier alpha value is -0.860. The number of benzene rings is 1. The minimum absolute atomic E-state index is 0.129. The van der Waals surface area contributed by atoms with Crippen molar-refractivity contribution in [2.24, 2.45) is 11.7 Å². The summed E-state index contributed by atoms with van der Waals surface area (Å²) in [5.74, 6) is 0.647. The molecule has 2 N–H and O–H groups in total. The van der Waals surface area contributed by atoms with Crippen LogP contribution in [0.4, 0.5) is 0 Å². The molecule has 19 heavy (non-hydrogen) atoms. The van der Waals surface area contributed by atoms with Gasteiger partial charge in [-0.25, -0.2) is 0 Å². The van der Waals surface area contributed by atoms with Crippen LogP contribution in [0.5, 0.6) is 0 Å². The van der Waals surface area contributed by atoms with Crippen molar-refractivity contribution in [2.75, 3.05) is 6.54 Å². The Morgan fingerprint density at radius 2 is 1.53 bits per heavy atom. The van der Waals surface area contributed by atoms with Gasteiger partial charge in [-0.15, -0.1) is 0 Å². The van der Waals surface area contributed by atoms with Crippen LogP contribution in [0.15, 0.2) is 24.3 Å². The second kappa shape index (κ2) is 7.06. The smallest absolute Gasteiger partial charge is 0.0499 e. The second-order valence-corrected chi connectivity index (χ2v) is 6.40. The highest BCUT2D eigenvalue weighted by atomic mass is 15.2. The molecule has 2 heteroatoms. The fourth-order valence-corrected chi connectivity index (χ4v) is 2.63. The van der Waals surface area contributed by atoms with Crippen LogP contribution in [-0.2, 0) is 0 Å². The van der Waals surface area contributed by atoms with Crippen molar-refractivity contribution in [3.63, 3.8) is 0 Å². The summed E-state index contributed by atoms with van der Waals surface area (Å²) in [4.78, 5) is 2.53. The van der Waals surface area contributed by atoms with E-state index in [0.717, 1.165) is 6.54 Å². The third kappa shape index (κ3) is 4.63. The molecule has 0 bridgehead atoms. The summed E-state index contributed by atoms with van der Waals surface area (Å²) < 4.78 is 0. The molecule has 2 atom stereocenters. The number of nitrogens with two attached hydrogens (primary N) is 1. The number of aryl methyl sites for hydroxylation is 1. The first-order valence-electron chi connectivity index (χ1n) is 7.40. The lowest BCUT2D eigenvalue weighted by atomic mass is 9.96. The fourth-order valence-electron chi connectivity index (χ4n) is 2.63. The fraction of sp³-hybridized carbons (Fsp3) is 0.647. The van der Waals surface area contributed by atoms with Gasteiger partial charge in [-0.1, -0.05) is 43.7 Å². The summed E-state index contributed by atoms with van der Waals surface area (Å²) in [5, 5.41) is 0. The van der Waals surface area contributed by atoms with E-state index < -0.39 is 0 Å². The van der Waals surface area contributed by atoms with E-state index in [4.69, 9.17) is 5.73 Å². The predicted octanol–water partition coefficient (Wildman–Crippen LogP) is 3.75. The van der Waals surface area contributed by atoms with Gasteiger partial charge in [0.15, 0.2) is 0 Å². The normalized spacial score (nSPS) is 15.3. The average molecular weight is 262 g/mol. The number of hydrogen-bond donors (Lipinski definition) is 1. The molecule has 0 fully saturated rings. The van der Waals surface area contributed by atoms with E-state index in [1.54, 1.807) is 0 Å². The molecule has 0 aliphatic carbocycles. The van der Waals surface area contributed by atoms with Crippen LogP contribution in [-0.4, -0.2) is 23.5 Å². The molecule has 2 unspecified atom stereocenters. The minimum atomic E-state index is 0.129. The SMILES string of the molecule is Cc1ccc(C(C(C)N)N(CC(C)C)C(C)C)cc1. The second-order valence-electron chi connectivity index (χ2n) is 6.40. The van der Waals surface area contributed by atoms with Gasteiger partial charge in [0.2, 0.25) is 0 Å². The number of rotatable bonds is 6. The molecule has 1 aromatic rings. The highest BCUT2D eigenvalue weighted by molar-refractivity contribution is 5.25. The van der Waals surface area contributed by atoms with Gasteiger partial charge in [-0.05, 0) is 39.2 Å². The van der Waals surface area contributed by atoms with E-state index in [0.29, 0.717) is 18.0 Å². The van der Waals surface area contributed by atoms with E-state index in [-0.39, 0.29) is 6.04 Å². The summed E-state index contributed by atoms with van der Waals surface area (Å²) >= 11 is 0. The van der Waals surface area contributed by atoms with Crippen molar-refractivity contribution >= 4 is 0 Å². The van der Waals surface area contributed by atoms with E-state index in [2.05, 4.69) is 70.7 Å². The lowest BCUT2D eigenvalue weighted by molar-refractivity contribution is 0.119. The molecule has 2 nitrogen and oxygen atoms in total. The zero-order chi connectivity index (χ0) is 14.6. The van der Waals surface area contributed by atoms with Gasteiger partial charge < -0.3 is 5.73 Å². The monoisotopic (exact) mass is 262 g/mol. The summed E-state index contributed by atoms with van der Waals surface area (Å²) in [6, 6.07) is 9.72. The Morgan fingerprint density at radius 1 is 1.00 bits per heavy atom. The molecule has 0 aliphatic heterocycles. The molecule has 0 spiro atoms. The van der Waals surface area contributed by atoms with Crippen LogP contribution < -0.4 is 5.73 Å². The van der Waals surface area contributed by atoms with Crippen LogP contribution in [0.2, 0.25) is 0 Å². The average Bonchev–Trinajstić information content (AvgIpc) is 2.29. The minimum Gasteiger partial charge on any atom is -0.326 e. The highest BCUT2D eigenvalue weighted by Crippen LogP contribution is 2.27. The maximum Gasteiger partial charge on any atom is 0.0499 e. The van der Waals surface area contributed by atoms with Crippen molar-refractivity contribution in [1.82, 2.24) is 4.90 Å². The first-order chi connectivity index (χ1) is 8.82. The van der Waals surface area contributed by atoms with Crippen molar-refractivity contribution in [2.45, 2.75) is 59.7 Å². The van der Waals surface area contributed by atoms with Gasteiger partial charge in [0, 0.05) is 24.7 Å². The summed E-state index contributed by atoms with van der Waals surface area (Å²) in [5.41, 5.74) is 8.91. The van der Waals surface area contributed by atoms with Gasteiger partial charge in [-0.2, -0.15) is 0 Å². The summed E-state index contributed by atoms with van der Waals surface area (Å²) in [6.07, 6.45) is 0. The molecule has 1 aromatic carbocycles. The van der Waals surface area contributed by atoms with Crippen LogP contribution >= 0.6 is 0 Å². The molecule has 108 valence electrons. The van der Waals surface area contributed by atoms with Crippen LogP contribution in [0.1, 0.15) is 51.8 Å². The lowest BCUT2D eigenvalue weighted by Gasteiger charge is -2.38. The molecule has 0 radical (unpaired) electrons. The van der Waals surface area contributed by atoms with E-state index >= 15 is 0 Å². The third-order valence-corrected chi connectivity index (χ3v) is 3.51. The molecule has 0 heterocycles. The van der Waals surface area contributed by atoms with Crippen LogP contribution in [0.3, 0.4) is 0 Å². The standard InChI is InChI=1S/C17H30N2/c1-12(2)11-19(13(3)4)17(15(6)18)16-9-7-14(5)8-10-16/h7-10,12-13,15,17H,11,18H2,1-6H3. The summed E-state index contributed by atoms with van der Waals surface area (Å²) in [6.45, 7) is 14.4. The topological polar surface area (TPSA) is 29.3 Å². The zero-order valence-electron chi connectivity index (χ0n) is 13.4. The van der Waals surface area contributed by atoms with E-state index in [1.807, 2.05) is 0 Å². The molecule has 0 saturated heterocycles. The Labute approximate surface area is 119 Å². The van der Waals surface area contributed by atoms with E-state index in [9.17, 15) is 0 Å². The molecular weight excluding hydrogens is 232 g/mol. The van der Waals surface area contributed by atoms with Crippen molar-refractivity contribution in [3.8, 4) is 0 Å². The van der Waals surface area contributed by atoms with Crippen LogP contribution in [0, 0.1) is 12.8 Å². The molecule has 0 amide bonds. The Balaban J connectivity index is 3.06. The molecular formula is C17H30N2. The van der Waals surface area contributed by atoms with Crippen molar-refractivity contribution in [1.29, 1.82) is 0 Å². The summed E-state index contributed by atoms with van der Waals surface area (Å²) in [7, 11) is 0. The largest absolute Gasteiger partial charge is 0.326 e. The maximum atomic E-state index is 6.28. The first kappa shape index (κ1) is 16.2. The highest BCUT2D eigenvalue weighted by Gasteiger charge is 2.26. The third-order valence-electron chi connectivity index (χ3n) is 3.51. The predicted molar refractivity (Wildman–Crippen MR) is 84.2 cm³/mol. The zero-order valence-corrected chi connectivity index (χ0v) is 13.4. The van der Waals surface area contributed by atoms with Crippen LogP contribution in [0.25, 0.3) is 0 Å². The van der Waals surface area contributed by atoms with Gasteiger partial charge in [0.1, 0.15) is 0 Å². The molecule has 0 saturated carbocycles. The first-order valence-corrected chi connectivity index (χ1v) is 7.40. The van der Waals surface area contributed by atoms with Gasteiger partial charge >= 0.3 is 0 Å². The molecule has 0 aliphatic rings.